The van der Waals surface area contributed by atoms with Gasteiger partial charge in [0.25, 0.3) is 0 Å². The Labute approximate surface area is 108 Å². The summed E-state index contributed by atoms with van der Waals surface area (Å²) in [5.74, 6) is 0.239. The lowest BCUT2D eigenvalue weighted by Crippen LogP contribution is -1.98. The molecule has 3 N–H and O–H groups in total. The van der Waals surface area contributed by atoms with Crippen LogP contribution in [0.15, 0.2) is 36.9 Å². The van der Waals surface area contributed by atoms with Crippen molar-refractivity contribution in [2.24, 2.45) is 0 Å². The predicted octanol–water partition coefficient (Wildman–Crippen LogP) is 2.26. The lowest BCUT2D eigenvalue weighted by molar-refractivity contribution is 1.06. The highest BCUT2D eigenvalue weighted by Crippen LogP contribution is 2.32. The highest BCUT2D eigenvalue weighted by Gasteiger charge is 2.16. The van der Waals surface area contributed by atoms with Crippen LogP contribution in [0.3, 0.4) is 0 Å². The van der Waals surface area contributed by atoms with Crippen LogP contribution in [-0.4, -0.2) is 19.9 Å². The molecule has 90 valence electrons. The second-order valence-electron chi connectivity index (χ2n) is 3.88. The van der Waals surface area contributed by atoms with Gasteiger partial charge >= 0.3 is 0 Å². The first-order valence-electron chi connectivity index (χ1n) is 5.39. The summed E-state index contributed by atoms with van der Waals surface area (Å²) in [4.78, 5) is 15.2. The maximum Gasteiger partial charge on any atom is 0.219 e. The van der Waals surface area contributed by atoms with E-state index in [2.05, 4.69) is 19.9 Å². The summed E-state index contributed by atoms with van der Waals surface area (Å²) in [5, 5.41) is 0.665. The number of nitrogens with zero attached hydrogens (tertiary/aromatic N) is 3. The molecule has 0 bridgehead atoms. The number of nitrogens with two attached hydrogens (primary N) is 1. The summed E-state index contributed by atoms with van der Waals surface area (Å²) >= 11 is 6.44. The van der Waals surface area contributed by atoms with Gasteiger partial charge in [0.05, 0.1) is 5.38 Å². The second-order valence-corrected chi connectivity index (χ2v) is 4.32. The van der Waals surface area contributed by atoms with Gasteiger partial charge < -0.3 is 10.7 Å². The third-order valence-corrected chi connectivity index (χ3v) is 3.23. The number of aromatic nitrogens is 4. The molecule has 0 aliphatic rings. The fourth-order valence-electron chi connectivity index (χ4n) is 1.85. The zero-order valence-corrected chi connectivity index (χ0v) is 10.1. The number of hydrogen-bond donors (Lipinski definition) is 2. The van der Waals surface area contributed by atoms with Gasteiger partial charge in [-0.25, -0.2) is 15.0 Å². The van der Waals surface area contributed by atoms with E-state index in [1.807, 2.05) is 18.3 Å². The van der Waals surface area contributed by atoms with E-state index in [0.717, 1.165) is 22.2 Å². The minimum atomic E-state index is -0.330. The second kappa shape index (κ2) is 4.27. The number of alkyl halides is 1. The first-order valence-corrected chi connectivity index (χ1v) is 5.83. The number of nitrogen functional groups attached to an aromatic ring is 1. The number of rotatable bonds is 2. The average Bonchev–Trinajstić information content (AvgIpc) is 2.82. The fourth-order valence-corrected chi connectivity index (χ4v) is 2.14. The van der Waals surface area contributed by atoms with Crippen LogP contribution < -0.4 is 5.73 Å². The fraction of sp³-hybridized carbons (Fsp3) is 0.0833. The van der Waals surface area contributed by atoms with Gasteiger partial charge in [-0.2, -0.15) is 0 Å². The molecule has 0 aliphatic carbocycles. The SMILES string of the molecule is Nc1ncc(C(Cl)c2c[nH]c3ncccc23)cn1. The Hall–Kier alpha value is -2.14. The molecule has 0 saturated carbocycles. The maximum absolute atomic E-state index is 6.44. The number of halogens is 1. The molecule has 0 fully saturated rings. The molecule has 0 radical (unpaired) electrons. The van der Waals surface area contributed by atoms with Crippen LogP contribution in [0.4, 0.5) is 5.95 Å². The molecule has 0 spiro atoms. The Morgan fingerprint density at radius 1 is 1.22 bits per heavy atom. The van der Waals surface area contributed by atoms with Gasteiger partial charge in [0, 0.05) is 41.3 Å². The van der Waals surface area contributed by atoms with Crippen molar-refractivity contribution in [1.29, 1.82) is 0 Å². The molecule has 3 aromatic heterocycles. The van der Waals surface area contributed by atoms with Crippen LogP contribution in [0.25, 0.3) is 11.0 Å². The Morgan fingerprint density at radius 2 is 2.00 bits per heavy atom. The molecular formula is C12H10ClN5. The van der Waals surface area contributed by atoms with Crippen molar-refractivity contribution in [3.8, 4) is 0 Å². The van der Waals surface area contributed by atoms with E-state index in [9.17, 15) is 0 Å². The number of fused-ring (bicyclic) bond motifs is 1. The van der Waals surface area contributed by atoms with Crippen molar-refractivity contribution < 1.29 is 0 Å². The van der Waals surface area contributed by atoms with Crippen molar-refractivity contribution in [3.05, 3.63) is 48.0 Å². The van der Waals surface area contributed by atoms with E-state index >= 15 is 0 Å². The Balaban J connectivity index is 2.06. The third kappa shape index (κ3) is 1.78. The highest BCUT2D eigenvalue weighted by molar-refractivity contribution is 6.23. The van der Waals surface area contributed by atoms with Crippen LogP contribution in [0.1, 0.15) is 16.5 Å². The molecular weight excluding hydrogens is 250 g/mol. The number of hydrogen-bond acceptors (Lipinski definition) is 4. The summed E-state index contributed by atoms with van der Waals surface area (Å²) < 4.78 is 0. The van der Waals surface area contributed by atoms with Gasteiger partial charge in [-0.15, -0.1) is 11.6 Å². The van der Waals surface area contributed by atoms with Gasteiger partial charge in [-0.05, 0) is 12.1 Å². The summed E-state index contributed by atoms with van der Waals surface area (Å²) in [5.41, 5.74) is 8.02. The normalized spacial score (nSPS) is 12.7. The average molecular weight is 260 g/mol. The van der Waals surface area contributed by atoms with Gasteiger partial charge in [-0.1, -0.05) is 0 Å². The molecule has 1 atom stereocenters. The molecule has 1 unspecified atom stereocenters. The first-order chi connectivity index (χ1) is 8.75. The first kappa shape index (κ1) is 11.0. The largest absolute Gasteiger partial charge is 0.368 e. The number of aromatic amines is 1. The summed E-state index contributed by atoms with van der Waals surface area (Å²) in [6, 6.07) is 3.85. The molecule has 18 heavy (non-hydrogen) atoms. The molecule has 6 heteroatoms. The Bertz CT molecular complexity index is 676. The van der Waals surface area contributed by atoms with E-state index in [-0.39, 0.29) is 11.3 Å². The minimum Gasteiger partial charge on any atom is -0.368 e. The molecule has 0 saturated heterocycles. The number of anilines is 1. The van der Waals surface area contributed by atoms with Gasteiger partial charge in [-0.3, -0.25) is 0 Å². The van der Waals surface area contributed by atoms with Gasteiger partial charge in [0.1, 0.15) is 5.65 Å². The van der Waals surface area contributed by atoms with Crippen LogP contribution >= 0.6 is 11.6 Å². The van der Waals surface area contributed by atoms with Crippen molar-refractivity contribution in [1.82, 2.24) is 19.9 Å². The smallest absolute Gasteiger partial charge is 0.219 e. The monoisotopic (exact) mass is 259 g/mol. The quantitative estimate of drug-likeness (QED) is 0.692. The van der Waals surface area contributed by atoms with Crippen molar-refractivity contribution in [2.45, 2.75) is 5.38 Å². The summed E-state index contributed by atoms with van der Waals surface area (Å²) in [6.07, 6.45) is 6.86. The minimum absolute atomic E-state index is 0.239. The van der Waals surface area contributed by atoms with Crippen molar-refractivity contribution >= 4 is 28.6 Å². The standard InChI is InChI=1S/C12H10ClN5/c13-10(7-4-17-12(14)18-5-7)9-6-16-11-8(9)2-1-3-15-11/h1-6,10H,(H,15,16)(H2,14,17,18). The summed E-state index contributed by atoms with van der Waals surface area (Å²) in [6.45, 7) is 0. The van der Waals surface area contributed by atoms with E-state index in [1.165, 1.54) is 0 Å². The van der Waals surface area contributed by atoms with Crippen LogP contribution in [0.2, 0.25) is 0 Å². The predicted molar refractivity (Wildman–Crippen MR) is 70.2 cm³/mol. The number of nitrogens with one attached hydrogen (secondary N) is 1. The topological polar surface area (TPSA) is 80.5 Å². The maximum atomic E-state index is 6.44. The van der Waals surface area contributed by atoms with Crippen LogP contribution in [0.5, 0.6) is 0 Å². The molecule has 3 rings (SSSR count). The van der Waals surface area contributed by atoms with E-state index in [4.69, 9.17) is 17.3 Å². The third-order valence-electron chi connectivity index (χ3n) is 2.74. The molecule has 0 aliphatic heterocycles. The summed E-state index contributed by atoms with van der Waals surface area (Å²) in [7, 11) is 0. The molecule has 3 aromatic rings. The van der Waals surface area contributed by atoms with Crippen LogP contribution in [-0.2, 0) is 0 Å². The van der Waals surface area contributed by atoms with Gasteiger partial charge in [0.15, 0.2) is 0 Å². The highest BCUT2D eigenvalue weighted by atomic mass is 35.5. The molecule has 5 nitrogen and oxygen atoms in total. The molecule has 0 aromatic carbocycles. The van der Waals surface area contributed by atoms with E-state index in [0.29, 0.717) is 0 Å². The molecule has 0 amide bonds. The van der Waals surface area contributed by atoms with Crippen molar-refractivity contribution in [3.63, 3.8) is 0 Å². The van der Waals surface area contributed by atoms with E-state index in [1.54, 1.807) is 18.6 Å². The Kier molecular flexibility index (Phi) is 2.60. The zero-order chi connectivity index (χ0) is 12.5. The van der Waals surface area contributed by atoms with Crippen LogP contribution in [0, 0.1) is 0 Å². The number of H-pyrrole nitrogens is 1. The molecule has 3 heterocycles. The Morgan fingerprint density at radius 3 is 2.78 bits per heavy atom. The van der Waals surface area contributed by atoms with E-state index < -0.39 is 0 Å². The van der Waals surface area contributed by atoms with Crippen molar-refractivity contribution in [2.75, 3.05) is 5.73 Å². The zero-order valence-electron chi connectivity index (χ0n) is 9.34. The number of pyridine rings is 1. The lowest BCUT2D eigenvalue weighted by Gasteiger charge is -2.07. The lowest BCUT2D eigenvalue weighted by atomic mass is 10.1. The van der Waals surface area contributed by atoms with Gasteiger partial charge in [0.2, 0.25) is 5.95 Å².